The van der Waals surface area contributed by atoms with E-state index in [-0.39, 0.29) is 4.21 Å². The molecule has 2 rings (SSSR count). The van der Waals surface area contributed by atoms with Crippen LogP contribution in [0.2, 0.25) is 0 Å². The van der Waals surface area contributed by atoms with Crippen molar-refractivity contribution in [2.45, 2.75) is 24.0 Å². The molecule has 0 N–H and O–H groups in total. The van der Waals surface area contributed by atoms with Gasteiger partial charge in [0, 0.05) is 30.7 Å². The molecular weight excluding hydrogens is 467 g/mol. The molecule has 6 nitrogen and oxygen atoms in total. The number of nitrogens with zero attached hydrogens (tertiary/aromatic N) is 2. The van der Waals surface area contributed by atoms with Gasteiger partial charge in [0.25, 0.3) is 10.0 Å². The predicted molar refractivity (Wildman–Crippen MR) is 126 cm³/mol. The maximum Gasteiger partial charge on any atom is 0.293 e. The van der Waals surface area contributed by atoms with Gasteiger partial charge in [-0.1, -0.05) is 0 Å². The van der Waals surface area contributed by atoms with Crippen LogP contribution in [0.1, 0.15) is 18.4 Å². The van der Waals surface area contributed by atoms with Crippen LogP contribution in [0, 0.1) is 6.92 Å². The highest BCUT2D eigenvalue weighted by atomic mass is 35.5. The van der Waals surface area contributed by atoms with Crippen molar-refractivity contribution >= 4 is 50.9 Å². The van der Waals surface area contributed by atoms with Gasteiger partial charge in [-0.2, -0.15) is 8.42 Å². The summed E-state index contributed by atoms with van der Waals surface area (Å²) in [6.45, 7) is 2.89. The molecule has 0 radical (unpaired) electrons. The molecule has 30 heavy (non-hydrogen) atoms. The van der Waals surface area contributed by atoms with Crippen LogP contribution in [0.5, 0.6) is 11.5 Å². The zero-order valence-electron chi connectivity index (χ0n) is 17.2. The average Bonchev–Trinajstić information content (AvgIpc) is 3.19. The highest BCUT2D eigenvalue weighted by Crippen LogP contribution is 2.39. The average molecular weight is 493 g/mol. The van der Waals surface area contributed by atoms with Gasteiger partial charge in [0.15, 0.2) is 11.5 Å². The maximum absolute atomic E-state index is 12.4. The number of halogens is 2. The van der Waals surface area contributed by atoms with Crippen molar-refractivity contribution in [2.75, 3.05) is 39.1 Å². The van der Waals surface area contributed by atoms with Crippen molar-refractivity contribution in [3.63, 3.8) is 0 Å². The highest BCUT2D eigenvalue weighted by molar-refractivity contribution is 7.92. The zero-order valence-corrected chi connectivity index (χ0v) is 20.4. The van der Waals surface area contributed by atoms with Gasteiger partial charge in [-0.3, -0.25) is 0 Å². The molecule has 0 saturated heterocycles. The molecule has 0 atom stereocenters. The molecule has 0 saturated carbocycles. The van der Waals surface area contributed by atoms with Crippen LogP contribution >= 0.6 is 34.5 Å². The second-order valence-corrected chi connectivity index (χ2v) is 10.4. The first kappa shape index (κ1) is 24.8. The standard InChI is InChI=1S/C20H26Cl2N2O4S2/c1-15-12-17(27-10-4-8-21)18(28-11-5-9-22)13-16(15)19-6-7-20(29-19)30(25,26)23-14-24(2)3/h6-7,12-14H,4-5,8-11H2,1-3H3/b23-14+. The second kappa shape index (κ2) is 11.8. The first-order valence-corrected chi connectivity index (χ1v) is 12.7. The van der Waals surface area contributed by atoms with Crippen molar-refractivity contribution in [3.05, 3.63) is 29.8 Å². The Morgan fingerprint density at radius 3 is 2.23 bits per heavy atom. The van der Waals surface area contributed by atoms with Gasteiger partial charge in [-0.25, -0.2) is 0 Å². The van der Waals surface area contributed by atoms with E-state index in [4.69, 9.17) is 32.7 Å². The Morgan fingerprint density at radius 1 is 1.07 bits per heavy atom. The van der Waals surface area contributed by atoms with E-state index in [1.54, 1.807) is 31.1 Å². The van der Waals surface area contributed by atoms with Crippen LogP contribution in [0.15, 0.2) is 32.9 Å². The third kappa shape index (κ3) is 7.04. The van der Waals surface area contributed by atoms with Crippen LogP contribution in [-0.4, -0.2) is 58.7 Å². The number of hydrogen-bond acceptors (Lipinski definition) is 5. The summed E-state index contributed by atoms with van der Waals surface area (Å²) in [7, 11) is -0.317. The number of aryl methyl sites for hydroxylation is 1. The molecule has 0 amide bonds. The van der Waals surface area contributed by atoms with Crippen molar-refractivity contribution in [1.29, 1.82) is 0 Å². The molecule has 1 aromatic heterocycles. The van der Waals surface area contributed by atoms with Crippen molar-refractivity contribution in [2.24, 2.45) is 4.40 Å². The minimum Gasteiger partial charge on any atom is -0.490 e. The van der Waals surface area contributed by atoms with E-state index in [0.717, 1.165) is 22.4 Å². The van der Waals surface area contributed by atoms with Gasteiger partial charge in [-0.05, 0) is 55.2 Å². The molecule has 2 aromatic rings. The lowest BCUT2D eigenvalue weighted by atomic mass is 10.1. The summed E-state index contributed by atoms with van der Waals surface area (Å²) in [4.78, 5) is 2.38. The summed E-state index contributed by atoms with van der Waals surface area (Å²) in [5, 5.41) is 0. The fourth-order valence-electron chi connectivity index (χ4n) is 2.44. The third-order valence-corrected chi connectivity index (χ3v) is 7.23. The summed E-state index contributed by atoms with van der Waals surface area (Å²) in [5.41, 5.74) is 1.83. The van der Waals surface area contributed by atoms with E-state index in [1.165, 1.54) is 17.7 Å². The first-order chi connectivity index (χ1) is 14.3. The Bertz CT molecular complexity index is 960. The van der Waals surface area contributed by atoms with Gasteiger partial charge in [0.2, 0.25) is 0 Å². The number of thiophene rings is 1. The molecule has 0 spiro atoms. The van der Waals surface area contributed by atoms with E-state index < -0.39 is 10.0 Å². The maximum atomic E-state index is 12.4. The van der Waals surface area contributed by atoms with Crippen LogP contribution in [0.4, 0.5) is 0 Å². The van der Waals surface area contributed by atoms with Gasteiger partial charge in [0.1, 0.15) is 10.5 Å². The van der Waals surface area contributed by atoms with Gasteiger partial charge >= 0.3 is 0 Å². The first-order valence-electron chi connectivity index (χ1n) is 9.37. The van der Waals surface area contributed by atoms with Crippen LogP contribution in [0.25, 0.3) is 10.4 Å². The molecule has 0 unspecified atom stereocenters. The fraction of sp³-hybridized carbons (Fsp3) is 0.450. The lowest BCUT2D eigenvalue weighted by Crippen LogP contribution is -2.09. The zero-order chi connectivity index (χ0) is 22.1. The highest BCUT2D eigenvalue weighted by Gasteiger charge is 2.18. The number of alkyl halides is 2. The number of benzene rings is 1. The molecule has 0 bridgehead atoms. The minimum absolute atomic E-state index is 0.182. The molecule has 166 valence electrons. The number of rotatable bonds is 12. The van der Waals surface area contributed by atoms with Gasteiger partial charge in [0.05, 0.1) is 13.2 Å². The lowest BCUT2D eigenvalue weighted by molar-refractivity contribution is 0.269. The number of sulfonamides is 1. The molecule has 10 heteroatoms. The van der Waals surface area contributed by atoms with E-state index in [9.17, 15) is 8.42 Å². The van der Waals surface area contributed by atoms with Crippen molar-refractivity contribution < 1.29 is 17.9 Å². The van der Waals surface area contributed by atoms with Gasteiger partial charge < -0.3 is 14.4 Å². The number of hydrogen-bond donors (Lipinski definition) is 0. The monoisotopic (exact) mass is 492 g/mol. The fourth-order valence-corrected chi connectivity index (χ4v) is 4.95. The summed E-state index contributed by atoms with van der Waals surface area (Å²) >= 11 is 12.7. The molecule has 0 aliphatic heterocycles. The molecule has 0 aliphatic rings. The second-order valence-electron chi connectivity index (χ2n) is 6.67. The van der Waals surface area contributed by atoms with Crippen molar-refractivity contribution in [1.82, 2.24) is 4.90 Å². The molecule has 1 heterocycles. The minimum atomic E-state index is -3.74. The van der Waals surface area contributed by atoms with Crippen LogP contribution in [-0.2, 0) is 10.0 Å². The largest absolute Gasteiger partial charge is 0.490 e. The summed E-state index contributed by atoms with van der Waals surface area (Å²) < 4.78 is 40.4. The Balaban J connectivity index is 2.36. The van der Waals surface area contributed by atoms with E-state index in [2.05, 4.69) is 4.40 Å². The summed E-state index contributed by atoms with van der Waals surface area (Å²) in [6.07, 6.45) is 2.70. The third-order valence-electron chi connectivity index (χ3n) is 3.88. The van der Waals surface area contributed by atoms with E-state index >= 15 is 0 Å². The Labute approximate surface area is 192 Å². The van der Waals surface area contributed by atoms with Crippen LogP contribution < -0.4 is 9.47 Å². The smallest absolute Gasteiger partial charge is 0.293 e. The summed E-state index contributed by atoms with van der Waals surface area (Å²) in [6, 6.07) is 7.13. The van der Waals surface area contributed by atoms with E-state index in [1.807, 2.05) is 19.1 Å². The van der Waals surface area contributed by atoms with Gasteiger partial charge in [-0.15, -0.1) is 38.9 Å². The topological polar surface area (TPSA) is 68.2 Å². The van der Waals surface area contributed by atoms with Crippen LogP contribution in [0.3, 0.4) is 0 Å². The van der Waals surface area contributed by atoms with E-state index in [0.29, 0.717) is 42.9 Å². The quantitative estimate of drug-likeness (QED) is 0.180. The molecule has 0 aliphatic carbocycles. The Hall–Kier alpha value is -1.48. The predicted octanol–water partition coefficient (Wildman–Crippen LogP) is 5.02. The molecular formula is C20H26Cl2N2O4S2. The lowest BCUT2D eigenvalue weighted by Gasteiger charge is -2.15. The number of ether oxygens (including phenoxy) is 2. The SMILES string of the molecule is Cc1cc(OCCCCl)c(OCCCCl)cc1-c1ccc(S(=O)(=O)/N=C/N(C)C)s1. The Morgan fingerprint density at radius 2 is 1.67 bits per heavy atom. The summed E-state index contributed by atoms with van der Waals surface area (Å²) in [5.74, 6) is 2.25. The van der Waals surface area contributed by atoms with Crippen molar-refractivity contribution in [3.8, 4) is 21.9 Å². The molecule has 0 fully saturated rings. The normalized spacial score (nSPS) is 11.8. The molecule has 1 aromatic carbocycles. The Kier molecular flexibility index (Phi) is 9.74.